The van der Waals surface area contributed by atoms with Gasteiger partial charge in [-0.05, 0) is 68.7 Å². The first-order valence-electron chi connectivity index (χ1n) is 12.4. The molecule has 1 heterocycles. The van der Waals surface area contributed by atoms with E-state index in [0.717, 1.165) is 21.7 Å². The van der Waals surface area contributed by atoms with Crippen molar-refractivity contribution < 1.29 is 8.78 Å². The molecular formula is C34H20F2N2. The van der Waals surface area contributed by atoms with E-state index in [1.165, 1.54) is 40.4 Å². The zero-order chi connectivity index (χ0) is 25.6. The maximum Gasteiger partial charge on any atom is 0.160 e. The summed E-state index contributed by atoms with van der Waals surface area (Å²) in [4.78, 5) is 9.66. The Morgan fingerprint density at radius 3 is 1.63 bits per heavy atom. The van der Waals surface area contributed by atoms with Gasteiger partial charge in [0.2, 0.25) is 0 Å². The highest BCUT2D eigenvalue weighted by Crippen LogP contribution is 2.34. The van der Waals surface area contributed by atoms with E-state index >= 15 is 0 Å². The molecule has 2 nitrogen and oxygen atoms in total. The summed E-state index contributed by atoms with van der Waals surface area (Å²) in [5.41, 5.74) is 3.22. The van der Waals surface area contributed by atoms with E-state index in [4.69, 9.17) is 9.97 Å². The van der Waals surface area contributed by atoms with E-state index in [9.17, 15) is 8.78 Å². The fourth-order valence-electron chi connectivity index (χ4n) is 5.12. The second-order valence-corrected chi connectivity index (χ2v) is 9.37. The first-order chi connectivity index (χ1) is 18.6. The zero-order valence-corrected chi connectivity index (χ0v) is 20.2. The Labute approximate surface area is 217 Å². The molecular weight excluding hydrogens is 474 g/mol. The van der Waals surface area contributed by atoms with Gasteiger partial charge in [-0.15, -0.1) is 0 Å². The molecule has 0 radical (unpaired) electrons. The molecule has 0 saturated carbocycles. The van der Waals surface area contributed by atoms with Gasteiger partial charge in [-0.1, -0.05) is 84.9 Å². The van der Waals surface area contributed by atoms with Crippen LogP contribution < -0.4 is 0 Å². The van der Waals surface area contributed by atoms with Crippen molar-refractivity contribution in [2.75, 3.05) is 0 Å². The summed E-state index contributed by atoms with van der Waals surface area (Å²) >= 11 is 0. The molecule has 0 aliphatic rings. The molecule has 0 unspecified atom stereocenters. The van der Waals surface area contributed by atoms with Crippen LogP contribution in [0.15, 0.2) is 121 Å². The number of rotatable bonds is 3. The normalized spacial score (nSPS) is 11.4. The van der Waals surface area contributed by atoms with Gasteiger partial charge in [0.05, 0.1) is 11.4 Å². The van der Waals surface area contributed by atoms with Crippen molar-refractivity contribution in [3.8, 4) is 33.9 Å². The molecule has 7 aromatic rings. The summed E-state index contributed by atoms with van der Waals surface area (Å²) in [5, 5.41) is 6.94. The van der Waals surface area contributed by atoms with Crippen LogP contribution in [0.2, 0.25) is 0 Å². The summed E-state index contributed by atoms with van der Waals surface area (Å²) in [7, 11) is 0. The molecule has 0 spiro atoms. The summed E-state index contributed by atoms with van der Waals surface area (Å²) in [6, 6.07) is 37.5. The third kappa shape index (κ3) is 3.87. The van der Waals surface area contributed by atoms with Gasteiger partial charge >= 0.3 is 0 Å². The van der Waals surface area contributed by atoms with E-state index in [2.05, 4.69) is 54.6 Å². The van der Waals surface area contributed by atoms with Crippen LogP contribution in [-0.4, -0.2) is 9.97 Å². The number of nitrogens with zero attached hydrogens (tertiary/aromatic N) is 2. The van der Waals surface area contributed by atoms with E-state index in [1.807, 2.05) is 24.3 Å². The molecule has 0 N–H and O–H groups in total. The second kappa shape index (κ2) is 8.86. The summed E-state index contributed by atoms with van der Waals surface area (Å²) in [6.45, 7) is 0. The predicted molar refractivity (Wildman–Crippen MR) is 151 cm³/mol. The van der Waals surface area contributed by atoms with Crippen LogP contribution in [0.4, 0.5) is 8.78 Å². The van der Waals surface area contributed by atoms with Crippen molar-refractivity contribution >= 4 is 32.3 Å². The number of hydrogen-bond acceptors (Lipinski definition) is 2. The molecule has 6 aromatic carbocycles. The van der Waals surface area contributed by atoms with Crippen LogP contribution in [0.1, 0.15) is 0 Å². The zero-order valence-electron chi connectivity index (χ0n) is 20.2. The van der Waals surface area contributed by atoms with Gasteiger partial charge in [-0.25, -0.2) is 18.7 Å². The molecule has 38 heavy (non-hydrogen) atoms. The predicted octanol–water partition coefficient (Wildman–Crippen LogP) is 9.22. The van der Waals surface area contributed by atoms with E-state index in [0.29, 0.717) is 28.3 Å². The number of aromatic nitrogens is 2. The van der Waals surface area contributed by atoms with Crippen molar-refractivity contribution in [3.05, 3.63) is 133 Å². The monoisotopic (exact) mass is 494 g/mol. The molecule has 0 fully saturated rings. The van der Waals surface area contributed by atoms with Crippen LogP contribution in [0, 0.1) is 11.6 Å². The molecule has 180 valence electrons. The fourth-order valence-corrected chi connectivity index (χ4v) is 5.12. The lowest BCUT2D eigenvalue weighted by Gasteiger charge is -2.12. The number of halogens is 2. The summed E-state index contributed by atoms with van der Waals surface area (Å²) in [6.07, 6.45) is 0. The number of hydrogen-bond donors (Lipinski definition) is 0. The fraction of sp³-hybridized carbons (Fsp3) is 0. The topological polar surface area (TPSA) is 25.8 Å². The Morgan fingerprint density at radius 2 is 0.974 bits per heavy atom. The summed E-state index contributed by atoms with van der Waals surface area (Å²) in [5.74, 6) is -0.204. The van der Waals surface area contributed by atoms with Gasteiger partial charge in [0.1, 0.15) is 11.6 Å². The van der Waals surface area contributed by atoms with Crippen molar-refractivity contribution in [1.29, 1.82) is 0 Å². The Morgan fingerprint density at radius 1 is 0.395 bits per heavy atom. The van der Waals surface area contributed by atoms with E-state index in [-0.39, 0.29) is 11.6 Å². The minimum Gasteiger partial charge on any atom is -0.228 e. The van der Waals surface area contributed by atoms with E-state index in [1.54, 1.807) is 18.2 Å². The minimum atomic E-state index is -0.348. The van der Waals surface area contributed by atoms with Crippen LogP contribution >= 0.6 is 0 Å². The Kier molecular flexibility index (Phi) is 5.19. The largest absolute Gasteiger partial charge is 0.228 e. The van der Waals surface area contributed by atoms with Crippen LogP contribution in [0.25, 0.3) is 66.2 Å². The standard InChI is InChI=1S/C34H20F2N2/c35-26-8-3-6-23(17-26)32-20-33(24-7-4-9-27(36)18-24)38-34(37-32)25-12-11-22-14-15-29-28-10-2-1-5-21(28)13-16-30(29)31(22)19-25/h1-20H. The quantitative estimate of drug-likeness (QED) is 0.229. The summed E-state index contributed by atoms with van der Waals surface area (Å²) < 4.78 is 28.2. The highest BCUT2D eigenvalue weighted by Gasteiger charge is 2.13. The maximum absolute atomic E-state index is 14.1. The number of benzene rings is 6. The van der Waals surface area contributed by atoms with Gasteiger partial charge in [-0.2, -0.15) is 0 Å². The van der Waals surface area contributed by atoms with Crippen molar-refractivity contribution in [1.82, 2.24) is 9.97 Å². The molecule has 0 atom stereocenters. The van der Waals surface area contributed by atoms with E-state index < -0.39 is 0 Å². The second-order valence-electron chi connectivity index (χ2n) is 9.37. The Bertz CT molecular complexity index is 1950. The van der Waals surface area contributed by atoms with Crippen LogP contribution in [0.5, 0.6) is 0 Å². The van der Waals surface area contributed by atoms with Crippen molar-refractivity contribution in [2.24, 2.45) is 0 Å². The molecule has 4 heteroatoms. The first-order valence-corrected chi connectivity index (χ1v) is 12.4. The van der Waals surface area contributed by atoms with Crippen molar-refractivity contribution in [2.45, 2.75) is 0 Å². The van der Waals surface area contributed by atoms with Crippen LogP contribution in [-0.2, 0) is 0 Å². The molecule has 0 aliphatic carbocycles. The van der Waals surface area contributed by atoms with Gasteiger partial charge in [0.15, 0.2) is 5.82 Å². The molecule has 0 amide bonds. The third-order valence-corrected chi connectivity index (χ3v) is 6.97. The average molecular weight is 495 g/mol. The minimum absolute atomic E-state index is 0.348. The average Bonchev–Trinajstić information content (AvgIpc) is 2.96. The van der Waals surface area contributed by atoms with Gasteiger partial charge in [-0.3, -0.25) is 0 Å². The number of fused-ring (bicyclic) bond motifs is 5. The first kappa shape index (κ1) is 22.3. The van der Waals surface area contributed by atoms with Gasteiger partial charge in [0, 0.05) is 16.7 Å². The lowest BCUT2D eigenvalue weighted by atomic mass is 9.96. The lowest BCUT2D eigenvalue weighted by Crippen LogP contribution is -1.96. The highest BCUT2D eigenvalue weighted by atomic mass is 19.1. The molecule has 7 rings (SSSR count). The molecule has 1 aromatic heterocycles. The van der Waals surface area contributed by atoms with Gasteiger partial charge in [0.25, 0.3) is 0 Å². The van der Waals surface area contributed by atoms with Crippen LogP contribution in [0.3, 0.4) is 0 Å². The SMILES string of the molecule is Fc1cccc(-c2cc(-c3cccc(F)c3)nc(-c3ccc4ccc5c6ccccc6ccc5c4c3)n2)c1. The Balaban J connectivity index is 1.47. The Hall–Kier alpha value is -4.96. The smallest absolute Gasteiger partial charge is 0.160 e. The van der Waals surface area contributed by atoms with Crippen molar-refractivity contribution in [3.63, 3.8) is 0 Å². The molecule has 0 aliphatic heterocycles. The lowest BCUT2D eigenvalue weighted by molar-refractivity contribution is 0.628. The highest BCUT2D eigenvalue weighted by molar-refractivity contribution is 6.17. The maximum atomic E-state index is 14.1. The molecule has 0 saturated heterocycles. The molecule has 0 bridgehead atoms. The third-order valence-electron chi connectivity index (χ3n) is 6.97. The van der Waals surface area contributed by atoms with Gasteiger partial charge < -0.3 is 0 Å².